The van der Waals surface area contributed by atoms with Crippen molar-refractivity contribution in [2.75, 3.05) is 23.4 Å². The number of halogens is 8. The van der Waals surface area contributed by atoms with Crippen LogP contribution in [0, 0.1) is 6.92 Å². The van der Waals surface area contributed by atoms with E-state index in [0.717, 1.165) is 58.0 Å². The molecule has 7 aromatic rings. The Hall–Kier alpha value is -7.74. The van der Waals surface area contributed by atoms with Crippen molar-refractivity contribution in [2.45, 2.75) is 85.2 Å². The maximum Gasteiger partial charge on any atom is 0.519 e. The fraction of sp³-hybridized carbons (Fsp3) is 0.259. The number of aromatic hydroxyl groups is 1. The summed E-state index contributed by atoms with van der Waals surface area (Å²) in [5, 5.41) is 14.5. The van der Waals surface area contributed by atoms with E-state index in [1.807, 2.05) is 48.5 Å². The summed E-state index contributed by atoms with van der Waals surface area (Å²) >= 11 is 16.2. The lowest BCUT2D eigenvalue weighted by Crippen LogP contribution is -2.60. The number of amides is 2. The third-order valence-electron chi connectivity index (χ3n) is 14.1. The molecule has 0 fully saturated rings. The molecule has 1 N–H and O–H groups in total. The van der Waals surface area contributed by atoms with Crippen LogP contribution in [0.5, 0.6) is 11.5 Å². The normalized spacial score (nSPS) is 17.4. The van der Waals surface area contributed by atoms with E-state index in [0.29, 0.717) is 42.5 Å². The van der Waals surface area contributed by atoms with E-state index >= 15 is 0 Å². The Morgan fingerprint density at radius 3 is 1.59 bits per heavy atom. The first-order valence-electron chi connectivity index (χ1n) is 24.4. The van der Waals surface area contributed by atoms with Gasteiger partial charge in [-0.25, -0.2) is 9.59 Å². The molecular formula is C54H42Cl2F6N6O11S2. The number of benzene rings is 4. The number of alkyl halides is 6. The molecule has 4 aliphatic rings. The largest absolute Gasteiger partial charge is 0.519 e. The van der Waals surface area contributed by atoms with Crippen molar-refractivity contribution in [3.05, 3.63) is 207 Å². The van der Waals surface area contributed by atoms with Crippen molar-refractivity contribution in [1.82, 2.24) is 19.2 Å². The highest BCUT2D eigenvalue weighted by atomic mass is 35.5. The number of hydrogen-bond acceptors (Lipinski definition) is 15. The van der Waals surface area contributed by atoms with Crippen molar-refractivity contribution in [2.24, 2.45) is 0 Å². The first kappa shape index (κ1) is 56.5. The lowest BCUT2D eigenvalue weighted by molar-refractivity contribution is -0.173. The second-order valence-electron chi connectivity index (χ2n) is 18.7. The van der Waals surface area contributed by atoms with Crippen LogP contribution in [0.3, 0.4) is 0 Å². The van der Waals surface area contributed by atoms with Gasteiger partial charge in [-0.1, -0.05) is 83.9 Å². The number of rotatable bonds is 7. The number of fused-ring (bicyclic) bond motifs is 6. The van der Waals surface area contributed by atoms with Gasteiger partial charge in [0, 0.05) is 55.9 Å². The molecule has 422 valence electrons. The lowest BCUT2D eigenvalue weighted by Gasteiger charge is -2.46. The number of carbonyl (C=O) groups is 3. The van der Waals surface area contributed by atoms with E-state index < -0.39 is 114 Å². The lowest BCUT2D eigenvalue weighted by atomic mass is 9.94. The number of nitrogens with zero attached hydrogens (tertiary/aromatic N) is 6. The Bertz CT molecular complexity index is 3850. The molecule has 0 radical (unpaired) electrons. The second-order valence-corrected chi connectivity index (χ2v) is 21.6. The van der Waals surface area contributed by atoms with Crippen molar-refractivity contribution in [1.29, 1.82) is 0 Å². The maximum absolute atomic E-state index is 14.2. The smallest absolute Gasteiger partial charge is 0.502 e. The monoisotopic (exact) mass is 1200 g/mol. The fourth-order valence-electron chi connectivity index (χ4n) is 9.82. The molecule has 0 saturated heterocycles. The Labute approximate surface area is 472 Å². The van der Waals surface area contributed by atoms with Gasteiger partial charge in [-0.2, -0.15) is 26.3 Å². The fourth-order valence-corrected chi connectivity index (χ4v) is 12.8. The minimum Gasteiger partial charge on any atom is -0.502 e. The van der Waals surface area contributed by atoms with Crippen LogP contribution >= 0.6 is 46.7 Å². The van der Waals surface area contributed by atoms with Crippen LogP contribution in [0.15, 0.2) is 142 Å². The van der Waals surface area contributed by atoms with Gasteiger partial charge >= 0.3 is 24.3 Å². The average Bonchev–Trinajstić information content (AvgIpc) is 3.75. The van der Waals surface area contributed by atoms with Crippen LogP contribution in [0.25, 0.3) is 0 Å². The van der Waals surface area contributed by atoms with E-state index in [1.54, 1.807) is 53.2 Å². The van der Waals surface area contributed by atoms with Gasteiger partial charge in [-0.15, -0.1) is 23.5 Å². The highest BCUT2D eigenvalue weighted by Crippen LogP contribution is 2.47. The molecule has 81 heavy (non-hydrogen) atoms. The highest BCUT2D eigenvalue weighted by Gasteiger charge is 2.50. The molecule has 4 aromatic carbocycles. The van der Waals surface area contributed by atoms with E-state index in [4.69, 9.17) is 41.5 Å². The molecule has 0 spiro atoms. The zero-order valence-corrected chi connectivity index (χ0v) is 45.4. The second kappa shape index (κ2) is 22.0. The number of aromatic nitrogens is 2. The van der Waals surface area contributed by atoms with Crippen LogP contribution < -0.4 is 31.4 Å². The summed E-state index contributed by atoms with van der Waals surface area (Å²) in [6, 6.07) is 21.6. The summed E-state index contributed by atoms with van der Waals surface area (Å²) in [6.45, 7) is 1.46. The van der Waals surface area contributed by atoms with Crippen LogP contribution in [0.4, 0.5) is 31.1 Å². The molecular weight excluding hydrogens is 1160 g/mol. The molecule has 0 aliphatic carbocycles. The summed E-state index contributed by atoms with van der Waals surface area (Å²) in [7, 11) is 0. The average molecular weight is 1200 g/mol. The van der Waals surface area contributed by atoms with E-state index in [2.05, 4.69) is 0 Å². The van der Waals surface area contributed by atoms with E-state index in [-0.39, 0.29) is 11.5 Å². The molecule has 7 heterocycles. The summed E-state index contributed by atoms with van der Waals surface area (Å²) in [5.74, 6) is -4.18. The maximum atomic E-state index is 14.2. The van der Waals surface area contributed by atoms with Gasteiger partial charge in [0.05, 0.1) is 12.1 Å². The van der Waals surface area contributed by atoms with Gasteiger partial charge in [-0.3, -0.25) is 38.5 Å². The number of hydrogen-bond donors (Lipinski definition) is 1. The van der Waals surface area contributed by atoms with Crippen LogP contribution in [-0.4, -0.2) is 80.0 Å². The van der Waals surface area contributed by atoms with E-state index in [1.165, 1.54) is 45.4 Å². The molecule has 17 nitrogen and oxygen atoms in total. The van der Waals surface area contributed by atoms with Crippen molar-refractivity contribution >= 4 is 64.7 Å². The van der Waals surface area contributed by atoms with Crippen LogP contribution in [0.2, 0.25) is 10.0 Å². The van der Waals surface area contributed by atoms with Gasteiger partial charge in [-0.05, 0) is 78.4 Å². The number of thioether (sulfide) groups is 2. The zero-order valence-electron chi connectivity index (χ0n) is 42.3. The minimum absolute atomic E-state index is 0.0276. The molecule has 11 rings (SSSR count). The first-order chi connectivity index (χ1) is 38.4. The quantitative estimate of drug-likeness (QED) is 0.117. The molecule has 0 bridgehead atoms. The summed E-state index contributed by atoms with van der Waals surface area (Å²) in [5.41, 5.74) is 1.54. The van der Waals surface area contributed by atoms with Gasteiger partial charge in [0.15, 0.2) is 35.3 Å². The van der Waals surface area contributed by atoms with Crippen LogP contribution in [-0.2, 0) is 22.8 Å². The van der Waals surface area contributed by atoms with Gasteiger partial charge in [0.25, 0.3) is 11.8 Å². The molecule has 2 amide bonds. The predicted molar refractivity (Wildman–Crippen MR) is 284 cm³/mol. The Balaban J connectivity index is 0.000000189. The standard InChI is InChI=1S/C30H23ClF3N3O8S.C24H19ClF3N3O3S/c1-15-22(44-29(41)43-15)12-42-28(40)45-26-21(38)10-11-36-25(26)27(39)35(16(2)30(32,33)34)14-37(36)24-17-7-5-8-20(31)19(17)13-46-23-9-4-3-6-18(23)24;1-13(24(26,27)28)29-12-31(30-10-9-18(32)22(33)21(30)23(29)34)20-14-6-4-7-17(25)16(14)11-35-19-8-3-2-5-15(19)20/h3-11,16,24H,12-14H2,1-2H3;2-10,13,20,33H,11-12H2,1H3/t16-,24+;13-,20+/m11/s1. The van der Waals surface area contributed by atoms with Gasteiger partial charge in [0.2, 0.25) is 16.6 Å². The van der Waals surface area contributed by atoms with Gasteiger partial charge < -0.3 is 33.2 Å². The summed E-state index contributed by atoms with van der Waals surface area (Å²) in [6.07, 6.45) is -8.51. The Morgan fingerprint density at radius 2 is 1.11 bits per heavy atom. The zero-order chi connectivity index (χ0) is 58.0. The number of pyridine rings is 2. The molecule has 4 aliphatic heterocycles. The van der Waals surface area contributed by atoms with Crippen molar-refractivity contribution in [3.8, 4) is 11.5 Å². The Kier molecular flexibility index (Phi) is 15.3. The Morgan fingerprint density at radius 1 is 0.654 bits per heavy atom. The third kappa shape index (κ3) is 10.6. The molecule has 27 heteroatoms. The number of carbonyl (C=O) groups excluding carboxylic acids is 3. The third-order valence-corrected chi connectivity index (χ3v) is 17.0. The summed E-state index contributed by atoms with van der Waals surface area (Å²) < 4.78 is 106. The van der Waals surface area contributed by atoms with E-state index in [9.17, 15) is 60.2 Å². The highest BCUT2D eigenvalue weighted by molar-refractivity contribution is 7.98. The topological polar surface area (TPSA) is 190 Å². The molecule has 0 unspecified atom stereocenters. The first-order valence-corrected chi connectivity index (χ1v) is 27.1. The molecule has 3 aromatic heterocycles. The number of ether oxygens (including phenoxy) is 2. The van der Waals surface area contributed by atoms with Gasteiger partial charge in [0.1, 0.15) is 25.4 Å². The predicted octanol–water partition coefficient (Wildman–Crippen LogP) is 10.7. The molecule has 0 saturated carbocycles. The van der Waals surface area contributed by atoms with Crippen molar-refractivity contribution in [3.63, 3.8) is 0 Å². The van der Waals surface area contributed by atoms with Crippen LogP contribution in [0.1, 0.15) is 91.8 Å². The minimum atomic E-state index is -4.84. The molecule has 4 atom stereocenters. The SMILES string of the molecule is C[C@@H](N1CN([C@@H]2c3ccccc3SCc3c(Cl)cccc32)n2ccc(=O)c(O)c2C1=O)C(F)(F)F.Cc1oc(=O)oc1COC(=O)Oc1c2n(ccc1=O)N([C@@H]1c3ccccc3SCc3c(Cl)cccc31)CN([C@H](C)C(F)(F)F)C2=O. The van der Waals surface area contributed by atoms with Crippen molar-refractivity contribution < 1.29 is 64.1 Å². The number of aryl methyl sites for hydroxylation is 1. The summed E-state index contributed by atoms with van der Waals surface area (Å²) in [4.78, 5) is 79.3.